The molecule has 0 spiro atoms. The molecule has 0 saturated heterocycles. The molecule has 4 aromatic rings. The monoisotopic (exact) mass is 428 g/mol. The Balaban J connectivity index is 1.65. The minimum Gasteiger partial charge on any atom is -0.494 e. The Bertz CT molecular complexity index is 1190. The van der Waals surface area contributed by atoms with Crippen LogP contribution in [0.5, 0.6) is 5.75 Å². The van der Waals surface area contributed by atoms with Crippen molar-refractivity contribution in [2.75, 3.05) is 6.61 Å². The lowest BCUT2D eigenvalue weighted by Gasteiger charge is -2.12. The second-order valence-electron chi connectivity index (χ2n) is 7.93. The van der Waals surface area contributed by atoms with Gasteiger partial charge in [0.05, 0.1) is 12.2 Å². The van der Waals surface area contributed by atoms with Crippen molar-refractivity contribution in [3.63, 3.8) is 0 Å². The summed E-state index contributed by atoms with van der Waals surface area (Å²) in [5.41, 5.74) is 4.82. The average Bonchev–Trinajstić information content (AvgIpc) is 3.34. The molecule has 6 nitrogen and oxygen atoms in total. The molecule has 32 heavy (non-hydrogen) atoms. The summed E-state index contributed by atoms with van der Waals surface area (Å²) in [4.78, 5) is 20.3. The molecule has 0 amide bonds. The smallest absolute Gasteiger partial charge is 0.260 e. The number of benzene rings is 2. The van der Waals surface area contributed by atoms with Crippen LogP contribution in [0.4, 0.5) is 0 Å². The molecule has 164 valence electrons. The largest absolute Gasteiger partial charge is 0.494 e. The predicted octanol–water partition coefficient (Wildman–Crippen LogP) is 5.76. The highest BCUT2D eigenvalue weighted by Gasteiger charge is 2.16. The molecule has 0 fully saturated rings. The third-order valence-electron chi connectivity index (χ3n) is 5.48. The van der Waals surface area contributed by atoms with Gasteiger partial charge in [0.25, 0.3) is 5.56 Å². The highest BCUT2D eigenvalue weighted by molar-refractivity contribution is 5.83. The molecule has 2 aromatic heterocycles. The van der Waals surface area contributed by atoms with Crippen LogP contribution in [0.2, 0.25) is 0 Å². The normalized spacial score (nSPS) is 10.9. The lowest BCUT2D eigenvalue weighted by molar-refractivity contribution is 0.305. The summed E-state index contributed by atoms with van der Waals surface area (Å²) in [6.07, 6.45) is 6.11. The van der Waals surface area contributed by atoms with Crippen molar-refractivity contribution in [1.29, 1.82) is 0 Å². The van der Waals surface area contributed by atoms with Crippen LogP contribution in [0.3, 0.4) is 0 Å². The van der Waals surface area contributed by atoms with Crippen LogP contribution in [0, 0.1) is 6.92 Å². The quantitative estimate of drug-likeness (QED) is 0.332. The Hall–Kier alpha value is -3.67. The van der Waals surface area contributed by atoms with Crippen LogP contribution >= 0.6 is 0 Å². The Morgan fingerprint density at radius 3 is 2.38 bits per heavy atom. The second-order valence-corrected chi connectivity index (χ2v) is 7.93. The molecule has 2 N–H and O–H groups in total. The van der Waals surface area contributed by atoms with Gasteiger partial charge in [-0.3, -0.25) is 9.89 Å². The fourth-order valence-corrected chi connectivity index (χ4v) is 3.69. The van der Waals surface area contributed by atoms with Gasteiger partial charge in [0.2, 0.25) is 0 Å². The third-order valence-corrected chi connectivity index (χ3v) is 5.48. The number of nitrogens with one attached hydrogen (secondary N) is 2. The summed E-state index contributed by atoms with van der Waals surface area (Å²) >= 11 is 0. The van der Waals surface area contributed by atoms with E-state index in [1.165, 1.54) is 25.6 Å². The van der Waals surface area contributed by atoms with E-state index in [4.69, 9.17) is 4.74 Å². The first kappa shape index (κ1) is 21.6. The summed E-state index contributed by atoms with van der Waals surface area (Å²) in [6, 6.07) is 17.9. The summed E-state index contributed by atoms with van der Waals surface area (Å²) in [5.74, 6) is 1.28. The van der Waals surface area contributed by atoms with Crippen molar-refractivity contribution in [3.8, 4) is 39.5 Å². The van der Waals surface area contributed by atoms with E-state index >= 15 is 0 Å². The number of hydrogen-bond donors (Lipinski definition) is 2. The fourth-order valence-electron chi connectivity index (χ4n) is 3.69. The van der Waals surface area contributed by atoms with Gasteiger partial charge in [0, 0.05) is 11.3 Å². The zero-order chi connectivity index (χ0) is 22.3. The number of H-pyrrole nitrogens is 2. The highest BCUT2D eigenvalue weighted by Crippen LogP contribution is 2.31. The number of aromatic nitrogens is 4. The summed E-state index contributed by atoms with van der Waals surface area (Å²) in [7, 11) is 0. The van der Waals surface area contributed by atoms with Crippen molar-refractivity contribution in [1.82, 2.24) is 20.2 Å². The van der Waals surface area contributed by atoms with Gasteiger partial charge >= 0.3 is 0 Å². The third kappa shape index (κ3) is 4.97. The Labute approximate surface area is 187 Å². The minimum atomic E-state index is -0.217. The molecular weight excluding hydrogens is 400 g/mol. The topological polar surface area (TPSA) is 83.7 Å². The number of nitrogens with zero attached hydrogens (tertiary/aromatic N) is 2. The lowest BCUT2D eigenvalue weighted by Crippen LogP contribution is -2.12. The van der Waals surface area contributed by atoms with Crippen LogP contribution in [-0.4, -0.2) is 26.8 Å². The number of aromatic amines is 2. The SMILES string of the molecule is CCCCCCOc1ccc(-c2cc(-c3ccc(C)cc3)c(-c3ncn[nH]3)c(=O)[nH]2)cc1. The maximum Gasteiger partial charge on any atom is 0.260 e. The standard InChI is InChI=1S/C26H28N4O2/c1-3-4-5-6-15-32-21-13-11-20(12-14-21)23-16-22(19-9-7-18(2)8-10-19)24(26(31)29-23)25-27-17-28-30-25/h7-14,16-17H,3-6,15H2,1-2H3,(H,29,31)(H,27,28,30). The Kier molecular flexibility index (Phi) is 6.80. The number of rotatable bonds is 9. The first-order valence-electron chi connectivity index (χ1n) is 11.1. The van der Waals surface area contributed by atoms with E-state index in [0.717, 1.165) is 46.7 Å². The van der Waals surface area contributed by atoms with E-state index in [2.05, 4.69) is 27.1 Å². The molecule has 0 bridgehead atoms. The Morgan fingerprint density at radius 2 is 1.69 bits per heavy atom. The number of aryl methyl sites for hydroxylation is 1. The molecule has 0 unspecified atom stereocenters. The molecule has 2 heterocycles. The van der Waals surface area contributed by atoms with E-state index in [9.17, 15) is 4.79 Å². The van der Waals surface area contributed by atoms with Crippen LogP contribution in [0.25, 0.3) is 33.8 Å². The maximum atomic E-state index is 13.1. The fraction of sp³-hybridized carbons (Fsp3) is 0.269. The van der Waals surface area contributed by atoms with Gasteiger partial charge < -0.3 is 9.72 Å². The van der Waals surface area contributed by atoms with Gasteiger partial charge in [-0.05, 0) is 54.8 Å². The number of ether oxygens (including phenoxy) is 1. The van der Waals surface area contributed by atoms with E-state index in [1.54, 1.807) is 0 Å². The molecule has 0 atom stereocenters. The van der Waals surface area contributed by atoms with Crippen molar-refractivity contribution in [3.05, 3.63) is 76.8 Å². The lowest BCUT2D eigenvalue weighted by atomic mass is 9.97. The highest BCUT2D eigenvalue weighted by atomic mass is 16.5. The molecular formula is C26H28N4O2. The van der Waals surface area contributed by atoms with Gasteiger partial charge in [-0.15, -0.1) is 0 Å². The number of pyridine rings is 1. The van der Waals surface area contributed by atoms with E-state index in [-0.39, 0.29) is 5.56 Å². The van der Waals surface area contributed by atoms with Gasteiger partial charge in [-0.1, -0.05) is 56.0 Å². The van der Waals surface area contributed by atoms with Crippen molar-refractivity contribution in [2.45, 2.75) is 39.5 Å². The van der Waals surface area contributed by atoms with E-state index < -0.39 is 0 Å². The summed E-state index contributed by atoms with van der Waals surface area (Å²) < 4.78 is 5.85. The van der Waals surface area contributed by atoms with Crippen LogP contribution < -0.4 is 10.3 Å². The molecule has 0 aliphatic carbocycles. The number of hydrogen-bond acceptors (Lipinski definition) is 4. The molecule has 2 aromatic carbocycles. The second kappa shape index (κ2) is 10.1. The zero-order valence-corrected chi connectivity index (χ0v) is 18.5. The summed E-state index contributed by atoms with van der Waals surface area (Å²) in [6.45, 7) is 4.96. The zero-order valence-electron chi connectivity index (χ0n) is 18.5. The molecule has 4 rings (SSSR count). The molecule has 0 aliphatic rings. The Morgan fingerprint density at radius 1 is 0.938 bits per heavy atom. The first-order valence-corrected chi connectivity index (χ1v) is 11.1. The molecule has 0 radical (unpaired) electrons. The summed E-state index contributed by atoms with van der Waals surface area (Å²) in [5, 5.41) is 6.73. The first-order chi connectivity index (χ1) is 15.7. The molecule has 6 heteroatoms. The molecule has 0 aliphatic heterocycles. The van der Waals surface area contributed by atoms with Crippen molar-refractivity contribution in [2.24, 2.45) is 0 Å². The van der Waals surface area contributed by atoms with Crippen molar-refractivity contribution < 1.29 is 4.74 Å². The van der Waals surface area contributed by atoms with E-state index in [0.29, 0.717) is 11.4 Å². The van der Waals surface area contributed by atoms with Crippen LogP contribution in [-0.2, 0) is 0 Å². The maximum absolute atomic E-state index is 13.1. The predicted molar refractivity (Wildman–Crippen MR) is 128 cm³/mol. The van der Waals surface area contributed by atoms with Gasteiger partial charge in [-0.2, -0.15) is 5.10 Å². The van der Waals surface area contributed by atoms with Gasteiger partial charge in [-0.25, -0.2) is 4.98 Å². The van der Waals surface area contributed by atoms with E-state index in [1.807, 2.05) is 61.5 Å². The number of unbranched alkanes of at least 4 members (excludes halogenated alkanes) is 3. The molecule has 0 saturated carbocycles. The van der Waals surface area contributed by atoms with Crippen LogP contribution in [0.1, 0.15) is 38.2 Å². The van der Waals surface area contributed by atoms with Gasteiger partial charge in [0.1, 0.15) is 12.1 Å². The van der Waals surface area contributed by atoms with Crippen molar-refractivity contribution >= 4 is 0 Å². The van der Waals surface area contributed by atoms with Gasteiger partial charge in [0.15, 0.2) is 5.82 Å². The minimum absolute atomic E-state index is 0.217. The average molecular weight is 429 g/mol. The van der Waals surface area contributed by atoms with Crippen LogP contribution in [0.15, 0.2) is 65.7 Å².